The third-order valence-corrected chi connectivity index (χ3v) is 5.48. The van der Waals surface area contributed by atoms with Gasteiger partial charge >= 0.3 is 6.18 Å². The number of aromatic nitrogens is 2. The molecule has 0 N–H and O–H groups in total. The van der Waals surface area contributed by atoms with E-state index in [4.69, 9.17) is 9.47 Å². The highest BCUT2D eigenvalue weighted by Crippen LogP contribution is 2.32. The Labute approximate surface area is 167 Å². The molecule has 2 aromatic carbocycles. The Balaban J connectivity index is 1.68. The maximum atomic E-state index is 13.1. The van der Waals surface area contributed by atoms with Gasteiger partial charge in [-0.3, -0.25) is 0 Å². The zero-order chi connectivity index (χ0) is 20.6. The molecule has 7 heteroatoms. The number of benzene rings is 2. The molecule has 0 saturated carbocycles. The van der Waals surface area contributed by atoms with Gasteiger partial charge in [-0.05, 0) is 62.1 Å². The Bertz CT molecular complexity index is 1020. The van der Waals surface area contributed by atoms with Crippen LogP contribution in [0.2, 0.25) is 0 Å². The molecule has 1 aromatic heterocycles. The maximum absolute atomic E-state index is 13.1. The predicted octanol–water partition coefficient (Wildman–Crippen LogP) is 5.43. The Morgan fingerprint density at radius 2 is 2.03 bits per heavy atom. The van der Waals surface area contributed by atoms with Crippen molar-refractivity contribution in [2.45, 2.75) is 52.1 Å². The van der Waals surface area contributed by atoms with Gasteiger partial charge in [-0.25, -0.2) is 4.98 Å². The summed E-state index contributed by atoms with van der Waals surface area (Å²) in [6, 6.07) is 9.50. The normalized spacial score (nSPS) is 17.2. The zero-order valence-electron chi connectivity index (χ0n) is 16.4. The summed E-state index contributed by atoms with van der Waals surface area (Å²) in [5, 5.41) is 0. The van der Waals surface area contributed by atoms with Gasteiger partial charge in [-0.1, -0.05) is 12.1 Å². The summed E-state index contributed by atoms with van der Waals surface area (Å²) in [5.41, 5.74) is 2.43. The van der Waals surface area contributed by atoms with Crippen LogP contribution in [0.25, 0.3) is 11.0 Å². The number of imidazole rings is 1. The fourth-order valence-corrected chi connectivity index (χ4v) is 3.68. The van der Waals surface area contributed by atoms with Crippen molar-refractivity contribution in [3.8, 4) is 5.75 Å². The lowest BCUT2D eigenvalue weighted by Gasteiger charge is -2.15. The van der Waals surface area contributed by atoms with Crippen molar-refractivity contribution in [3.05, 3.63) is 58.9 Å². The predicted molar refractivity (Wildman–Crippen MR) is 104 cm³/mol. The van der Waals surface area contributed by atoms with E-state index in [1.54, 1.807) is 0 Å². The summed E-state index contributed by atoms with van der Waals surface area (Å²) in [7, 11) is 0. The van der Waals surface area contributed by atoms with E-state index in [0.29, 0.717) is 30.0 Å². The van der Waals surface area contributed by atoms with Gasteiger partial charge in [0.2, 0.25) is 0 Å². The molecule has 4 rings (SSSR count). The number of hydrogen-bond acceptors (Lipinski definition) is 3. The summed E-state index contributed by atoms with van der Waals surface area (Å²) in [6.07, 6.45) is -2.45. The van der Waals surface area contributed by atoms with Gasteiger partial charge < -0.3 is 14.0 Å². The summed E-state index contributed by atoms with van der Waals surface area (Å²) < 4.78 is 53.0. The molecule has 1 saturated heterocycles. The number of halogens is 3. The number of rotatable bonds is 5. The van der Waals surface area contributed by atoms with Crippen LogP contribution in [0, 0.1) is 13.8 Å². The van der Waals surface area contributed by atoms with Crippen LogP contribution in [0.15, 0.2) is 36.4 Å². The largest absolute Gasteiger partial charge is 0.485 e. The number of fused-ring (bicyclic) bond motifs is 1. The molecule has 0 radical (unpaired) electrons. The first-order chi connectivity index (χ1) is 13.8. The number of alkyl halides is 3. The van der Waals surface area contributed by atoms with Gasteiger partial charge in [0.25, 0.3) is 0 Å². The van der Waals surface area contributed by atoms with E-state index < -0.39 is 11.7 Å². The van der Waals surface area contributed by atoms with Crippen LogP contribution in [0.1, 0.15) is 35.4 Å². The topological polar surface area (TPSA) is 36.3 Å². The summed E-state index contributed by atoms with van der Waals surface area (Å²) in [6.45, 7) is 5.42. The standard InChI is InChI=1S/C22H23F3N2O2/c1-14-5-3-7-20(15(14)2)29-13-21-26-18-11-16(22(23,24)25)8-9-19(18)27(21)12-17-6-4-10-28-17/h3,5,7-9,11,17H,4,6,10,12-13H2,1-2H3. The summed E-state index contributed by atoms with van der Waals surface area (Å²) in [5.74, 6) is 1.34. The summed E-state index contributed by atoms with van der Waals surface area (Å²) >= 11 is 0. The molecule has 154 valence electrons. The Morgan fingerprint density at radius 3 is 2.76 bits per heavy atom. The first kappa shape index (κ1) is 19.8. The van der Waals surface area contributed by atoms with Crippen LogP contribution in [-0.2, 0) is 24.1 Å². The molecule has 0 spiro atoms. The highest BCUT2D eigenvalue weighted by Gasteiger charge is 2.31. The molecule has 1 aliphatic rings. The van der Waals surface area contributed by atoms with Gasteiger partial charge in [0.1, 0.15) is 18.2 Å². The average molecular weight is 404 g/mol. The molecule has 3 aromatic rings. The Kier molecular flexibility index (Phi) is 5.25. The third kappa shape index (κ3) is 4.10. The van der Waals surface area contributed by atoms with Gasteiger partial charge in [-0.2, -0.15) is 13.2 Å². The number of nitrogens with zero attached hydrogens (tertiary/aromatic N) is 2. The van der Waals surface area contributed by atoms with E-state index in [0.717, 1.165) is 41.9 Å². The van der Waals surface area contributed by atoms with Crippen molar-refractivity contribution in [1.29, 1.82) is 0 Å². The quantitative estimate of drug-likeness (QED) is 0.569. The molecule has 4 nitrogen and oxygen atoms in total. The molecule has 1 fully saturated rings. The minimum Gasteiger partial charge on any atom is -0.485 e. The first-order valence-electron chi connectivity index (χ1n) is 9.70. The molecular weight excluding hydrogens is 381 g/mol. The molecule has 1 atom stereocenters. The van der Waals surface area contributed by atoms with E-state index in [2.05, 4.69) is 4.98 Å². The van der Waals surface area contributed by atoms with Crippen molar-refractivity contribution in [3.63, 3.8) is 0 Å². The van der Waals surface area contributed by atoms with Gasteiger partial charge in [-0.15, -0.1) is 0 Å². The minimum atomic E-state index is -4.40. The van der Waals surface area contributed by atoms with Crippen molar-refractivity contribution in [1.82, 2.24) is 9.55 Å². The van der Waals surface area contributed by atoms with Crippen LogP contribution in [0.5, 0.6) is 5.75 Å². The van der Waals surface area contributed by atoms with E-state index >= 15 is 0 Å². The second kappa shape index (κ2) is 7.71. The lowest BCUT2D eigenvalue weighted by Crippen LogP contribution is -2.18. The van der Waals surface area contributed by atoms with Crippen molar-refractivity contribution < 1.29 is 22.6 Å². The number of aryl methyl sites for hydroxylation is 1. The van der Waals surface area contributed by atoms with Crippen LogP contribution in [0.3, 0.4) is 0 Å². The highest BCUT2D eigenvalue weighted by molar-refractivity contribution is 5.77. The molecule has 2 heterocycles. The van der Waals surface area contributed by atoms with Gasteiger partial charge in [0, 0.05) is 6.61 Å². The van der Waals surface area contributed by atoms with Crippen molar-refractivity contribution in [2.75, 3.05) is 6.61 Å². The Hall–Kier alpha value is -2.54. The van der Waals surface area contributed by atoms with Crippen molar-refractivity contribution in [2.24, 2.45) is 0 Å². The SMILES string of the molecule is Cc1cccc(OCc2nc3cc(C(F)(F)F)ccc3n2CC2CCCO2)c1C. The monoisotopic (exact) mass is 404 g/mol. The molecule has 1 unspecified atom stereocenters. The van der Waals surface area contributed by atoms with E-state index in [1.807, 2.05) is 36.6 Å². The molecule has 1 aliphatic heterocycles. The second-order valence-corrected chi connectivity index (χ2v) is 7.46. The van der Waals surface area contributed by atoms with Gasteiger partial charge in [0.05, 0.1) is 29.2 Å². The minimum absolute atomic E-state index is 0.0362. The Morgan fingerprint density at radius 1 is 1.21 bits per heavy atom. The van der Waals surface area contributed by atoms with Gasteiger partial charge in [0.15, 0.2) is 0 Å². The van der Waals surface area contributed by atoms with Crippen LogP contribution in [-0.4, -0.2) is 22.3 Å². The smallest absolute Gasteiger partial charge is 0.416 e. The molecule has 0 bridgehead atoms. The molecule has 29 heavy (non-hydrogen) atoms. The first-order valence-corrected chi connectivity index (χ1v) is 9.70. The number of hydrogen-bond donors (Lipinski definition) is 0. The summed E-state index contributed by atoms with van der Waals surface area (Å²) in [4.78, 5) is 4.48. The lowest BCUT2D eigenvalue weighted by atomic mass is 10.1. The second-order valence-electron chi connectivity index (χ2n) is 7.46. The van der Waals surface area contributed by atoms with E-state index in [1.165, 1.54) is 6.07 Å². The molecular formula is C22H23F3N2O2. The lowest BCUT2D eigenvalue weighted by molar-refractivity contribution is -0.137. The van der Waals surface area contributed by atoms with Crippen LogP contribution < -0.4 is 4.74 Å². The van der Waals surface area contributed by atoms with E-state index in [-0.39, 0.29) is 12.7 Å². The fourth-order valence-electron chi connectivity index (χ4n) is 3.68. The maximum Gasteiger partial charge on any atom is 0.416 e. The van der Waals surface area contributed by atoms with Crippen molar-refractivity contribution >= 4 is 11.0 Å². The van der Waals surface area contributed by atoms with Crippen LogP contribution >= 0.6 is 0 Å². The highest BCUT2D eigenvalue weighted by atomic mass is 19.4. The van der Waals surface area contributed by atoms with E-state index in [9.17, 15) is 13.2 Å². The average Bonchev–Trinajstić information content (AvgIpc) is 3.30. The molecule has 0 amide bonds. The van der Waals surface area contributed by atoms with Crippen LogP contribution in [0.4, 0.5) is 13.2 Å². The fraction of sp³-hybridized carbons (Fsp3) is 0.409. The zero-order valence-corrected chi connectivity index (χ0v) is 16.4. The molecule has 0 aliphatic carbocycles. The number of ether oxygens (including phenoxy) is 2. The third-order valence-electron chi connectivity index (χ3n) is 5.48.